The van der Waals surface area contributed by atoms with Gasteiger partial charge >= 0.3 is 12.1 Å². The Kier molecular flexibility index (Phi) is 8.13. The van der Waals surface area contributed by atoms with E-state index in [-0.39, 0.29) is 23.7 Å². The minimum absolute atomic E-state index is 0.140. The van der Waals surface area contributed by atoms with Crippen molar-refractivity contribution in [3.63, 3.8) is 0 Å². The Labute approximate surface area is 198 Å². The number of methoxy groups -OCH3 is 1. The molecule has 0 aliphatic heterocycles. The number of hydrogen-bond donors (Lipinski definition) is 0. The Morgan fingerprint density at radius 1 is 1.12 bits per heavy atom. The molecule has 3 atom stereocenters. The summed E-state index contributed by atoms with van der Waals surface area (Å²) < 4.78 is 15.7. The average Bonchev–Trinajstić information content (AvgIpc) is 3.16. The van der Waals surface area contributed by atoms with Gasteiger partial charge in [0.2, 0.25) is 5.91 Å². The maximum atomic E-state index is 13.9. The highest BCUT2D eigenvalue weighted by molar-refractivity contribution is 7.20. The zero-order valence-electron chi connectivity index (χ0n) is 19.7. The van der Waals surface area contributed by atoms with Crippen molar-refractivity contribution in [3.05, 3.63) is 36.4 Å². The lowest BCUT2D eigenvalue weighted by Gasteiger charge is -2.37. The Balaban J connectivity index is 2.02. The number of esters is 1. The predicted octanol–water partition coefficient (Wildman–Crippen LogP) is 5.67. The number of anilines is 1. The molecule has 2 aromatic rings. The molecule has 0 saturated heterocycles. The molecular formula is C25H31NO6S. The Morgan fingerprint density at radius 3 is 2.42 bits per heavy atom. The molecule has 1 saturated carbocycles. The van der Waals surface area contributed by atoms with Crippen LogP contribution in [0, 0.1) is 11.8 Å². The minimum atomic E-state index is -0.853. The van der Waals surface area contributed by atoms with Crippen LogP contribution in [0.2, 0.25) is 0 Å². The second-order valence-electron chi connectivity index (χ2n) is 8.68. The van der Waals surface area contributed by atoms with Crippen molar-refractivity contribution in [2.75, 3.05) is 12.0 Å². The number of hydrogen-bond acceptors (Lipinski definition) is 7. The van der Waals surface area contributed by atoms with Crippen molar-refractivity contribution >= 4 is 34.4 Å². The zero-order valence-corrected chi connectivity index (χ0v) is 20.5. The summed E-state index contributed by atoms with van der Waals surface area (Å²) in [6, 6.07) is 11.2. The molecule has 1 aromatic carbocycles. The van der Waals surface area contributed by atoms with E-state index < -0.39 is 18.2 Å². The predicted molar refractivity (Wildman–Crippen MR) is 127 cm³/mol. The van der Waals surface area contributed by atoms with Crippen molar-refractivity contribution in [2.45, 2.75) is 59.1 Å². The van der Waals surface area contributed by atoms with E-state index in [1.54, 1.807) is 11.0 Å². The summed E-state index contributed by atoms with van der Waals surface area (Å²) in [7, 11) is 1.24. The minimum Gasteiger partial charge on any atom is -0.462 e. The third kappa shape index (κ3) is 5.93. The maximum absolute atomic E-state index is 13.9. The molecule has 1 amide bonds. The number of carbonyl (C=O) groups is 3. The van der Waals surface area contributed by atoms with E-state index >= 15 is 0 Å². The Bertz CT molecular complexity index is 986. The first-order valence-corrected chi connectivity index (χ1v) is 12.0. The van der Waals surface area contributed by atoms with E-state index in [0.717, 1.165) is 16.9 Å². The van der Waals surface area contributed by atoms with E-state index in [9.17, 15) is 14.4 Å². The molecule has 0 bridgehead atoms. The molecule has 1 heterocycles. The van der Waals surface area contributed by atoms with Gasteiger partial charge in [0.05, 0.1) is 13.0 Å². The van der Waals surface area contributed by atoms with Gasteiger partial charge in [-0.3, -0.25) is 14.5 Å². The van der Waals surface area contributed by atoms with Crippen LogP contribution < -0.4 is 9.64 Å². The monoisotopic (exact) mass is 473 g/mol. The van der Waals surface area contributed by atoms with Gasteiger partial charge in [0.15, 0.2) is 5.75 Å². The van der Waals surface area contributed by atoms with Gasteiger partial charge in [-0.25, -0.2) is 4.79 Å². The second-order valence-corrected chi connectivity index (χ2v) is 9.71. The molecule has 1 fully saturated rings. The lowest BCUT2D eigenvalue weighted by atomic mass is 9.79. The average molecular weight is 474 g/mol. The quantitative estimate of drug-likeness (QED) is 0.503. The maximum Gasteiger partial charge on any atom is 0.513 e. The lowest BCUT2D eigenvalue weighted by molar-refractivity contribution is -0.154. The van der Waals surface area contributed by atoms with Gasteiger partial charge in [0, 0.05) is 23.9 Å². The highest BCUT2D eigenvalue weighted by Crippen LogP contribution is 2.45. The Morgan fingerprint density at radius 2 is 1.82 bits per heavy atom. The van der Waals surface area contributed by atoms with E-state index in [1.807, 2.05) is 44.2 Å². The van der Waals surface area contributed by atoms with Gasteiger partial charge < -0.3 is 14.2 Å². The van der Waals surface area contributed by atoms with Gasteiger partial charge in [0.1, 0.15) is 11.1 Å². The summed E-state index contributed by atoms with van der Waals surface area (Å²) in [4.78, 5) is 40.0. The van der Waals surface area contributed by atoms with Crippen molar-refractivity contribution in [1.82, 2.24) is 0 Å². The number of carbonyl (C=O) groups excluding carboxylic acids is 3. The number of amides is 1. The molecule has 0 unspecified atom stereocenters. The fourth-order valence-corrected chi connectivity index (χ4v) is 5.43. The molecular weight excluding hydrogens is 442 g/mol. The standard InChI is InChI=1S/C25H31NO6S/c1-15(2)26(23(28)19-12-11-16(3)13-20(19)31-17(4)27)24-21(32-25(29)30-5)14-22(33-24)18-9-7-6-8-10-18/h6-10,14-16,19-20H,11-13H2,1-5H3/t16-,19-,20+/m1/s1. The normalized spacial score (nSPS) is 20.2. The lowest BCUT2D eigenvalue weighted by Crippen LogP contribution is -2.47. The van der Waals surface area contributed by atoms with Crippen LogP contribution in [0.5, 0.6) is 5.75 Å². The summed E-state index contributed by atoms with van der Waals surface area (Å²) in [5, 5.41) is 0.527. The number of nitrogens with zero attached hydrogens (tertiary/aromatic N) is 1. The molecule has 0 spiro atoms. The van der Waals surface area contributed by atoms with Crippen LogP contribution in [0.4, 0.5) is 9.80 Å². The largest absolute Gasteiger partial charge is 0.513 e. The smallest absolute Gasteiger partial charge is 0.462 e. The van der Waals surface area contributed by atoms with Crippen LogP contribution in [0.15, 0.2) is 36.4 Å². The zero-order chi connectivity index (χ0) is 24.1. The topological polar surface area (TPSA) is 82.1 Å². The first kappa shape index (κ1) is 24.8. The Hall–Kier alpha value is -2.87. The van der Waals surface area contributed by atoms with Gasteiger partial charge in [-0.1, -0.05) is 37.3 Å². The molecule has 7 nitrogen and oxygen atoms in total. The van der Waals surface area contributed by atoms with Gasteiger partial charge in [-0.15, -0.1) is 11.3 Å². The van der Waals surface area contributed by atoms with Crippen LogP contribution in [-0.4, -0.2) is 37.3 Å². The van der Waals surface area contributed by atoms with Gasteiger partial charge in [0.25, 0.3) is 0 Å². The fourth-order valence-electron chi connectivity index (χ4n) is 4.20. The van der Waals surface area contributed by atoms with Crippen LogP contribution >= 0.6 is 11.3 Å². The van der Waals surface area contributed by atoms with Crippen LogP contribution in [-0.2, 0) is 19.1 Å². The summed E-state index contributed by atoms with van der Waals surface area (Å²) in [5.74, 6) is -0.350. The number of benzene rings is 1. The van der Waals surface area contributed by atoms with Crippen LogP contribution in [0.3, 0.4) is 0 Å². The third-order valence-electron chi connectivity index (χ3n) is 5.76. The fraction of sp³-hybridized carbons (Fsp3) is 0.480. The van der Waals surface area contributed by atoms with E-state index in [4.69, 9.17) is 14.2 Å². The van der Waals surface area contributed by atoms with Crippen LogP contribution in [0.25, 0.3) is 10.4 Å². The van der Waals surface area contributed by atoms with Crippen LogP contribution in [0.1, 0.15) is 47.0 Å². The molecule has 0 radical (unpaired) electrons. The second kappa shape index (κ2) is 10.8. The first-order valence-electron chi connectivity index (χ1n) is 11.2. The summed E-state index contributed by atoms with van der Waals surface area (Å²) in [6.45, 7) is 7.29. The van der Waals surface area contributed by atoms with Gasteiger partial charge in [-0.2, -0.15) is 0 Å². The molecule has 3 rings (SSSR count). The SMILES string of the molecule is COC(=O)Oc1cc(-c2ccccc2)sc1N(C(=O)[C@@H]1CC[C@@H](C)C[C@@H]1OC(C)=O)C(C)C. The number of thiophene rings is 1. The molecule has 1 aromatic heterocycles. The van der Waals surface area contributed by atoms with E-state index in [0.29, 0.717) is 23.8 Å². The van der Waals surface area contributed by atoms with Crippen molar-refractivity contribution in [2.24, 2.45) is 11.8 Å². The molecule has 33 heavy (non-hydrogen) atoms. The molecule has 0 N–H and O–H groups in total. The highest BCUT2D eigenvalue weighted by atomic mass is 32.1. The molecule has 1 aliphatic carbocycles. The van der Waals surface area contributed by atoms with Crippen molar-refractivity contribution in [3.8, 4) is 16.2 Å². The molecule has 8 heteroatoms. The highest BCUT2D eigenvalue weighted by Gasteiger charge is 2.40. The number of rotatable bonds is 6. The third-order valence-corrected chi connectivity index (χ3v) is 6.92. The first-order chi connectivity index (χ1) is 15.7. The van der Waals surface area contributed by atoms with Gasteiger partial charge in [-0.05, 0) is 44.6 Å². The molecule has 178 valence electrons. The van der Waals surface area contributed by atoms with E-state index in [2.05, 4.69) is 6.92 Å². The van der Waals surface area contributed by atoms with Crippen molar-refractivity contribution in [1.29, 1.82) is 0 Å². The number of ether oxygens (including phenoxy) is 3. The summed E-state index contributed by atoms with van der Waals surface area (Å²) >= 11 is 1.37. The van der Waals surface area contributed by atoms with E-state index in [1.165, 1.54) is 25.4 Å². The summed E-state index contributed by atoms with van der Waals surface area (Å²) in [5.41, 5.74) is 0.948. The van der Waals surface area contributed by atoms with Crippen molar-refractivity contribution < 1.29 is 28.6 Å². The molecule has 1 aliphatic rings. The summed E-state index contributed by atoms with van der Waals surface area (Å²) in [6.07, 6.45) is 0.830.